The summed E-state index contributed by atoms with van der Waals surface area (Å²) < 4.78 is 0. The molecule has 6 heteroatoms. The molecule has 2 aromatic rings. The second-order valence-electron chi connectivity index (χ2n) is 4.59. The molecule has 0 spiro atoms. The number of amides is 1. The minimum absolute atomic E-state index is 0.263. The van der Waals surface area contributed by atoms with Crippen LogP contribution in [0.5, 0.6) is 0 Å². The van der Waals surface area contributed by atoms with E-state index in [-0.39, 0.29) is 18.5 Å². The largest absolute Gasteiger partial charge is 0.369 e. The lowest BCUT2D eigenvalue weighted by molar-refractivity contribution is -0.119. The Morgan fingerprint density at radius 2 is 2.26 bits per heavy atom. The molecule has 0 aliphatic rings. The number of nitrogens with two attached hydrogens (primary N) is 1. The molecule has 0 radical (unpaired) electrons. The van der Waals surface area contributed by atoms with Crippen LogP contribution >= 0.6 is 22.7 Å². The Balaban J connectivity index is 2.08. The molecule has 2 aromatic heterocycles. The Bertz CT molecular complexity index is 534. The fourth-order valence-electron chi connectivity index (χ4n) is 1.72. The van der Waals surface area contributed by atoms with Gasteiger partial charge < -0.3 is 5.73 Å². The lowest BCUT2D eigenvalue weighted by Crippen LogP contribution is -2.38. The predicted molar refractivity (Wildman–Crippen MR) is 80.2 cm³/mol. The van der Waals surface area contributed by atoms with E-state index < -0.39 is 0 Å². The van der Waals surface area contributed by atoms with Gasteiger partial charge in [0.15, 0.2) is 0 Å². The molecule has 0 aromatic carbocycles. The van der Waals surface area contributed by atoms with Crippen molar-refractivity contribution >= 4 is 28.6 Å². The van der Waals surface area contributed by atoms with Crippen LogP contribution in [0, 0.1) is 0 Å². The summed E-state index contributed by atoms with van der Waals surface area (Å²) >= 11 is 3.32. The molecule has 4 nitrogen and oxygen atoms in total. The van der Waals surface area contributed by atoms with Crippen LogP contribution in [0.15, 0.2) is 22.9 Å². The van der Waals surface area contributed by atoms with Crippen LogP contribution in [0.1, 0.15) is 19.5 Å². The van der Waals surface area contributed by atoms with Gasteiger partial charge in [-0.25, -0.2) is 4.98 Å². The molecule has 2 N–H and O–H groups in total. The zero-order chi connectivity index (χ0) is 13.8. The topological polar surface area (TPSA) is 59.2 Å². The Hall–Kier alpha value is -1.24. The molecule has 0 atom stereocenters. The third-order valence-corrected chi connectivity index (χ3v) is 4.67. The van der Waals surface area contributed by atoms with Crippen molar-refractivity contribution in [3.63, 3.8) is 0 Å². The molecule has 0 aliphatic heterocycles. The normalized spacial score (nSPS) is 11.4. The van der Waals surface area contributed by atoms with Gasteiger partial charge in [0.05, 0.1) is 17.1 Å². The van der Waals surface area contributed by atoms with Crippen molar-refractivity contribution in [2.24, 2.45) is 5.73 Å². The summed E-state index contributed by atoms with van der Waals surface area (Å²) in [5, 5.41) is 5.13. The molecular weight excluding hydrogens is 278 g/mol. The molecule has 2 rings (SSSR count). The summed E-state index contributed by atoms with van der Waals surface area (Å²) in [6.45, 7) is 5.02. The summed E-state index contributed by atoms with van der Waals surface area (Å²) in [6.07, 6.45) is 0. The zero-order valence-corrected chi connectivity index (χ0v) is 12.6. The van der Waals surface area contributed by atoms with Crippen LogP contribution in [0.4, 0.5) is 0 Å². The van der Waals surface area contributed by atoms with E-state index in [4.69, 9.17) is 5.73 Å². The average Bonchev–Trinajstić information content (AvgIpc) is 2.97. The van der Waals surface area contributed by atoms with E-state index in [1.807, 2.05) is 21.7 Å². The lowest BCUT2D eigenvalue weighted by atomic mass is 10.3. The Morgan fingerprint density at radius 3 is 2.84 bits per heavy atom. The van der Waals surface area contributed by atoms with Gasteiger partial charge in [0.1, 0.15) is 5.01 Å². The van der Waals surface area contributed by atoms with Crippen LogP contribution in [0.25, 0.3) is 9.88 Å². The molecule has 2 heterocycles. The molecule has 0 saturated heterocycles. The smallest absolute Gasteiger partial charge is 0.231 e. The van der Waals surface area contributed by atoms with Gasteiger partial charge in [-0.15, -0.1) is 22.7 Å². The predicted octanol–water partition coefficient (Wildman–Crippen LogP) is 2.57. The van der Waals surface area contributed by atoms with Crippen LogP contribution < -0.4 is 5.73 Å². The van der Waals surface area contributed by atoms with E-state index in [1.165, 1.54) is 4.88 Å². The molecule has 102 valence electrons. The first-order valence-corrected chi connectivity index (χ1v) is 7.83. The minimum Gasteiger partial charge on any atom is -0.369 e. The Labute approximate surface area is 120 Å². The minimum atomic E-state index is -0.303. The maximum Gasteiger partial charge on any atom is 0.231 e. The van der Waals surface area contributed by atoms with E-state index in [0.29, 0.717) is 6.54 Å². The summed E-state index contributed by atoms with van der Waals surface area (Å²) in [5.74, 6) is -0.303. The van der Waals surface area contributed by atoms with Gasteiger partial charge in [-0.05, 0) is 25.3 Å². The first kappa shape index (κ1) is 14.2. The first-order chi connectivity index (χ1) is 9.06. The highest BCUT2D eigenvalue weighted by Gasteiger charge is 2.15. The summed E-state index contributed by atoms with van der Waals surface area (Å²) in [4.78, 5) is 18.9. The number of thiazole rings is 1. The molecule has 0 unspecified atom stereocenters. The van der Waals surface area contributed by atoms with Gasteiger partial charge >= 0.3 is 0 Å². The summed E-state index contributed by atoms with van der Waals surface area (Å²) in [7, 11) is 0. The highest BCUT2D eigenvalue weighted by molar-refractivity contribution is 7.20. The Kier molecular flexibility index (Phi) is 4.68. The van der Waals surface area contributed by atoms with Gasteiger partial charge in [0.25, 0.3) is 0 Å². The molecule has 1 amide bonds. The number of aromatic nitrogens is 1. The summed E-state index contributed by atoms with van der Waals surface area (Å²) in [5.41, 5.74) is 6.26. The van der Waals surface area contributed by atoms with E-state index in [9.17, 15) is 4.79 Å². The molecular formula is C13H17N3OS2. The van der Waals surface area contributed by atoms with Gasteiger partial charge in [0, 0.05) is 18.0 Å². The quantitative estimate of drug-likeness (QED) is 0.891. The van der Waals surface area contributed by atoms with Crippen LogP contribution in [-0.4, -0.2) is 28.4 Å². The van der Waals surface area contributed by atoms with Gasteiger partial charge in [-0.2, -0.15) is 0 Å². The van der Waals surface area contributed by atoms with Crippen molar-refractivity contribution in [3.8, 4) is 9.88 Å². The number of primary amides is 1. The highest BCUT2D eigenvalue weighted by atomic mass is 32.1. The zero-order valence-electron chi connectivity index (χ0n) is 11.0. The first-order valence-electron chi connectivity index (χ1n) is 6.07. The monoisotopic (exact) mass is 295 g/mol. The van der Waals surface area contributed by atoms with Crippen molar-refractivity contribution in [3.05, 3.63) is 28.6 Å². The van der Waals surface area contributed by atoms with Crippen molar-refractivity contribution in [2.75, 3.05) is 6.54 Å². The highest BCUT2D eigenvalue weighted by Crippen LogP contribution is 2.28. The average molecular weight is 295 g/mol. The fourth-order valence-corrected chi connectivity index (χ4v) is 3.35. The molecule has 19 heavy (non-hydrogen) atoms. The standard InChI is InChI=1S/C13H17N3OS2/c1-9(2)16(7-12(14)17)6-10-8-19-13(15-10)11-4-3-5-18-11/h3-5,8-9H,6-7H2,1-2H3,(H2,14,17). The van der Waals surface area contributed by atoms with Crippen molar-refractivity contribution in [1.82, 2.24) is 9.88 Å². The third-order valence-electron chi connectivity index (χ3n) is 2.74. The second kappa shape index (κ2) is 6.27. The number of hydrogen-bond acceptors (Lipinski definition) is 5. The van der Waals surface area contributed by atoms with Crippen molar-refractivity contribution < 1.29 is 4.79 Å². The van der Waals surface area contributed by atoms with Gasteiger partial charge in [-0.3, -0.25) is 9.69 Å². The van der Waals surface area contributed by atoms with Gasteiger partial charge in [-0.1, -0.05) is 6.07 Å². The number of rotatable bonds is 6. The fraction of sp³-hybridized carbons (Fsp3) is 0.385. The molecule has 0 aliphatic carbocycles. The number of hydrogen-bond donors (Lipinski definition) is 1. The van der Waals surface area contributed by atoms with Crippen LogP contribution in [0.3, 0.4) is 0 Å². The van der Waals surface area contributed by atoms with E-state index >= 15 is 0 Å². The maximum absolute atomic E-state index is 11.1. The van der Waals surface area contributed by atoms with Crippen LogP contribution in [-0.2, 0) is 11.3 Å². The van der Waals surface area contributed by atoms with Crippen LogP contribution in [0.2, 0.25) is 0 Å². The maximum atomic E-state index is 11.1. The lowest BCUT2D eigenvalue weighted by Gasteiger charge is -2.23. The van der Waals surface area contributed by atoms with Crippen molar-refractivity contribution in [2.45, 2.75) is 26.4 Å². The Morgan fingerprint density at radius 1 is 1.47 bits per heavy atom. The number of nitrogens with zero attached hydrogens (tertiary/aromatic N) is 2. The third kappa shape index (κ3) is 3.86. The molecule has 0 bridgehead atoms. The number of thiophene rings is 1. The van der Waals surface area contributed by atoms with E-state index in [1.54, 1.807) is 22.7 Å². The van der Waals surface area contributed by atoms with Crippen molar-refractivity contribution in [1.29, 1.82) is 0 Å². The summed E-state index contributed by atoms with van der Waals surface area (Å²) in [6, 6.07) is 4.35. The molecule has 0 saturated carbocycles. The van der Waals surface area contributed by atoms with E-state index in [0.717, 1.165) is 10.7 Å². The number of carbonyl (C=O) groups is 1. The second-order valence-corrected chi connectivity index (χ2v) is 6.39. The number of carbonyl (C=O) groups excluding carboxylic acids is 1. The SMILES string of the molecule is CC(C)N(CC(N)=O)Cc1csc(-c2cccs2)n1. The molecule has 0 fully saturated rings. The van der Waals surface area contributed by atoms with E-state index in [2.05, 4.69) is 24.9 Å². The van der Waals surface area contributed by atoms with Gasteiger partial charge in [0.2, 0.25) is 5.91 Å².